The molecule has 1 aromatic heterocycles. The highest BCUT2D eigenvalue weighted by Gasteiger charge is 2.17. The molecular formula is C21H27N3O6S2. The van der Waals surface area contributed by atoms with E-state index in [1.54, 1.807) is 24.3 Å². The van der Waals surface area contributed by atoms with Crippen molar-refractivity contribution in [2.75, 3.05) is 32.4 Å². The molecule has 0 spiro atoms. The summed E-state index contributed by atoms with van der Waals surface area (Å²) in [4.78, 5) is 17.5. The molecule has 9 nitrogen and oxygen atoms in total. The van der Waals surface area contributed by atoms with Gasteiger partial charge in [0.05, 0.1) is 11.2 Å². The smallest absolute Gasteiger partial charge is 0.261 e. The van der Waals surface area contributed by atoms with Crippen LogP contribution in [0.5, 0.6) is 0 Å². The van der Waals surface area contributed by atoms with Crippen molar-refractivity contribution in [3.63, 3.8) is 0 Å². The Bertz CT molecular complexity index is 1350. The van der Waals surface area contributed by atoms with Gasteiger partial charge < -0.3 is 9.88 Å². The lowest BCUT2D eigenvalue weighted by molar-refractivity contribution is 0.233. The van der Waals surface area contributed by atoms with Gasteiger partial charge in [0.1, 0.15) is 0 Å². The highest BCUT2D eigenvalue weighted by molar-refractivity contribution is 7.89. The van der Waals surface area contributed by atoms with Crippen molar-refractivity contribution in [3.05, 3.63) is 52.8 Å². The summed E-state index contributed by atoms with van der Waals surface area (Å²) in [6, 6.07) is 12.1. The molecule has 174 valence electrons. The Morgan fingerprint density at radius 1 is 0.969 bits per heavy atom. The minimum atomic E-state index is -3.67. The fraction of sp³-hybridized carbons (Fsp3) is 0.381. The van der Waals surface area contributed by atoms with E-state index in [2.05, 4.69) is 14.6 Å². The Morgan fingerprint density at radius 3 is 2.25 bits per heavy atom. The highest BCUT2D eigenvalue weighted by atomic mass is 32.2. The van der Waals surface area contributed by atoms with E-state index < -0.39 is 20.1 Å². The zero-order chi connectivity index (χ0) is 23.4. The van der Waals surface area contributed by atoms with Crippen molar-refractivity contribution in [1.29, 1.82) is 0 Å². The van der Waals surface area contributed by atoms with Crippen LogP contribution in [0.3, 0.4) is 0 Å². The Labute approximate surface area is 187 Å². The van der Waals surface area contributed by atoms with Crippen molar-refractivity contribution in [2.24, 2.45) is 0 Å². The molecular weight excluding hydrogens is 454 g/mol. The number of rotatable bonds is 5. The fourth-order valence-corrected chi connectivity index (χ4v) is 4.78. The lowest BCUT2D eigenvalue weighted by Gasteiger charge is -2.26. The molecule has 32 heavy (non-hydrogen) atoms. The first-order valence-corrected chi connectivity index (χ1v) is 13.6. The number of sulfonamides is 1. The highest BCUT2D eigenvalue weighted by Crippen LogP contribution is 2.24. The molecule has 1 aliphatic heterocycles. The van der Waals surface area contributed by atoms with Gasteiger partial charge in [0.25, 0.3) is 15.7 Å². The number of fused-ring (bicyclic) bond motifs is 3. The predicted octanol–water partition coefficient (Wildman–Crippen LogP) is 1.95. The van der Waals surface area contributed by atoms with Crippen LogP contribution in [0.25, 0.3) is 21.7 Å². The lowest BCUT2D eigenvalue weighted by atomic mass is 10.1. The van der Waals surface area contributed by atoms with Gasteiger partial charge in [-0.15, -0.1) is 0 Å². The van der Waals surface area contributed by atoms with Crippen LogP contribution in [0.15, 0.2) is 52.2 Å². The molecule has 0 aliphatic carbocycles. The van der Waals surface area contributed by atoms with Gasteiger partial charge in [-0.3, -0.25) is 9.35 Å². The van der Waals surface area contributed by atoms with E-state index in [0.717, 1.165) is 30.4 Å². The van der Waals surface area contributed by atoms with Crippen LogP contribution in [0.1, 0.15) is 19.3 Å². The standard InChI is InChI=1S/C20H23N3O3S.CH4O3S/c24-20-17-7-3-2-6-16(17)18-14-15(8-9-19(18)22-20)27(25,26)21-10-13-23-11-4-1-5-12-23;1-5(2,3)4/h2-3,6-9,14,21H,1,4-5,10-13H2,(H,22,24);1H3,(H,2,3,4). The summed E-state index contributed by atoms with van der Waals surface area (Å²) >= 11 is 0. The van der Waals surface area contributed by atoms with Gasteiger partial charge in [-0.05, 0) is 55.6 Å². The van der Waals surface area contributed by atoms with Crippen LogP contribution in [0.4, 0.5) is 0 Å². The molecule has 3 N–H and O–H groups in total. The number of pyridine rings is 1. The van der Waals surface area contributed by atoms with E-state index in [9.17, 15) is 21.6 Å². The van der Waals surface area contributed by atoms with Gasteiger partial charge >= 0.3 is 0 Å². The number of aromatic amines is 1. The number of likely N-dealkylation sites (tertiary alicyclic amines) is 1. The number of H-pyrrole nitrogens is 1. The number of nitrogens with zero attached hydrogens (tertiary/aromatic N) is 1. The van der Waals surface area contributed by atoms with Crippen molar-refractivity contribution < 1.29 is 21.4 Å². The molecule has 3 aromatic rings. The summed E-state index contributed by atoms with van der Waals surface area (Å²) in [5.41, 5.74) is 0.458. The van der Waals surface area contributed by atoms with Gasteiger partial charge in [-0.25, -0.2) is 13.1 Å². The predicted molar refractivity (Wildman–Crippen MR) is 125 cm³/mol. The summed E-state index contributed by atoms with van der Waals surface area (Å²) in [5, 5.41) is 2.03. The Balaban J connectivity index is 0.000000523. The molecule has 0 unspecified atom stereocenters. The molecule has 0 radical (unpaired) electrons. The molecule has 2 heterocycles. The Kier molecular flexibility index (Phi) is 7.67. The second-order valence-corrected chi connectivity index (χ2v) is 11.0. The van der Waals surface area contributed by atoms with E-state index in [1.165, 1.54) is 25.3 Å². The molecule has 0 saturated carbocycles. The van der Waals surface area contributed by atoms with Crippen LogP contribution in [-0.2, 0) is 20.1 Å². The molecule has 2 aromatic carbocycles. The molecule has 0 bridgehead atoms. The molecule has 4 rings (SSSR count). The lowest BCUT2D eigenvalue weighted by Crippen LogP contribution is -2.37. The average Bonchev–Trinajstić information content (AvgIpc) is 2.73. The summed E-state index contributed by atoms with van der Waals surface area (Å²) in [7, 11) is -7.27. The number of hydrogen-bond donors (Lipinski definition) is 3. The van der Waals surface area contributed by atoms with Gasteiger partial charge in [0.15, 0.2) is 0 Å². The second kappa shape index (κ2) is 10.1. The third-order valence-electron chi connectivity index (χ3n) is 5.18. The van der Waals surface area contributed by atoms with Crippen LogP contribution in [0.2, 0.25) is 0 Å². The Hall–Kier alpha value is -2.31. The largest absolute Gasteiger partial charge is 0.321 e. The molecule has 0 amide bonds. The first kappa shape index (κ1) is 24.3. The first-order valence-electron chi connectivity index (χ1n) is 10.2. The SMILES string of the molecule is CS(=O)(=O)O.O=c1[nH]c2ccc(S(=O)(=O)NCCN3CCCCC3)cc2c2ccccc12. The van der Waals surface area contributed by atoms with Crippen molar-refractivity contribution in [3.8, 4) is 0 Å². The minimum Gasteiger partial charge on any atom is -0.321 e. The van der Waals surface area contributed by atoms with Crippen molar-refractivity contribution >= 4 is 41.8 Å². The topological polar surface area (TPSA) is 137 Å². The van der Waals surface area contributed by atoms with Crippen molar-refractivity contribution in [1.82, 2.24) is 14.6 Å². The number of aromatic nitrogens is 1. The third kappa shape index (κ3) is 6.59. The second-order valence-electron chi connectivity index (χ2n) is 7.74. The first-order chi connectivity index (χ1) is 15.0. The van der Waals surface area contributed by atoms with Gasteiger partial charge in [-0.1, -0.05) is 24.6 Å². The Morgan fingerprint density at radius 2 is 1.59 bits per heavy atom. The van der Waals surface area contributed by atoms with Crippen LogP contribution >= 0.6 is 0 Å². The summed E-state index contributed by atoms with van der Waals surface area (Å²) in [6.07, 6.45) is 4.34. The molecule has 11 heteroatoms. The molecule has 1 aliphatic rings. The van der Waals surface area contributed by atoms with E-state index >= 15 is 0 Å². The van der Waals surface area contributed by atoms with Gasteiger partial charge in [-0.2, -0.15) is 8.42 Å². The maximum atomic E-state index is 12.7. The number of hydrogen-bond acceptors (Lipinski definition) is 6. The third-order valence-corrected chi connectivity index (χ3v) is 6.64. The zero-order valence-electron chi connectivity index (χ0n) is 17.7. The van der Waals surface area contributed by atoms with E-state index in [1.807, 2.05) is 12.1 Å². The van der Waals surface area contributed by atoms with Crippen LogP contribution < -0.4 is 10.3 Å². The fourth-order valence-electron chi connectivity index (χ4n) is 3.73. The van der Waals surface area contributed by atoms with Gasteiger partial charge in [0, 0.05) is 29.4 Å². The maximum Gasteiger partial charge on any atom is 0.261 e. The number of piperidine rings is 1. The monoisotopic (exact) mass is 481 g/mol. The summed E-state index contributed by atoms with van der Waals surface area (Å²) in [6.45, 7) is 3.20. The minimum absolute atomic E-state index is 0.173. The molecule has 1 fully saturated rings. The van der Waals surface area contributed by atoms with Crippen LogP contribution in [0, 0.1) is 0 Å². The summed E-state index contributed by atoms with van der Waals surface area (Å²) in [5.74, 6) is 0. The summed E-state index contributed by atoms with van der Waals surface area (Å²) < 4.78 is 54.0. The quantitative estimate of drug-likeness (QED) is 0.374. The molecule has 1 saturated heterocycles. The van der Waals surface area contributed by atoms with E-state index in [0.29, 0.717) is 23.7 Å². The van der Waals surface area contributed by atoms with E-state index in [-0.39, 0.29) is 10.5 Å². The van der Waals surface area contributed by atoms with Crippen LogP contribution in [-0.4, -0.2) is 63.7 Å². The normalized spacial score (nSPS) is 15.4. The van der Waals surface area contributed by atoms with Crippen molar-refractivity contribution in [2.45, 2.75) is 24.2 Å². The maximum absolute atomic E-state index is 12.7. The number of benzene rings is 2. The van der Waals surface area contributed by atoms with Gasteiger partial charge in [0.2, 0.25) is 10.0 Å². The number of nitrogens with one attached hydrogen (secondary N) is 2. The molecule has 0 atom stereocenters. The average molecular weight is 482 g/mol. The van der Waals surface area contributed by atoms with E-state index in [4.69, 9.17) is 4.55 Å². The zero-order valence-corrected chi connectivity index (χ0v) is 19.4.